The number of hydrogen-bond acceptors (Lipinski definition) is 0. The second-order valence-electron chi connectivity index (χ2n) is 15.7. The van der Waals surface area contributed by atoms with Crippen molar-refractivity contribution in [3.8, 4) is 39.1 Å². The number of rotatable bonds is 8. The predicted octanol–water partition coefficient (Wildman–Crippen LogP) is 14.2. The zero-order valence-electron chi connectivity index (χ0n) is 31.4. The third-order valence-corrected chi connectivity index (χ3v) is 12.1. The van der Waals surface area contributed by atoms with Gasteiger partial charge in [-0.1, -0.05) is 178 Å². The molecule has 9 aromatic rings. The van der Waals surface area contributed by atoms with Gasteiger partial charge < -0.3 is 4.57 Å². The van der Waals surface area contributed by atoms with Gasteiger partial charge in [0, 0.05) is 27.8 Å². The molecule has 0 fully saturated rings. The molecule has 1 heteroatoms. The van der Waals surface area contributed by atoms with Crippen LogP contribution in [-0.4, -0.2) is 4.57 Å². The minimum absolute atomic E-state index is 0.00388. The first-order chi connectivity index (χ1) is 27.0. The lowest BCUT2D eigenvalue weighted by Gasteiger charge is -2.23. The molecule has 0 aliphatic heterocycles. The van der Waals surface area contributed by atoms with Gasteiger partial charge in [-0.15, -0.1) is 0 Å². The van der Waals surface area contributed by atoms with E-state index in [0.717, 1.165) is 12.8 Å². The molecule has 0 radical (unpaired) electrons. The van der Waals surface area contributed by atoms with Gasteiger partial charge in [0.15, 0.2) is 0 Å². The number of para-hydroxylation sites is 2. The van der Waals surface area contributed by atoms with E-state index in [9.17, 15) is 0 Å². The molecule has 0 bridgehead atoms. The average molecular weight is 706 g/mol. The fourth-order valence-corrected chi connectivity index (χ4v) is 9.20. The Kier molecular flexibility index (Phi) is 8.11. The molecule has 8 aromatic carbocycles. The van der Waals surface area contributed by atoms with Crippen LogP contribution < -0.4 is 0 Å². The van der Waals surface area contributed by atoms with Crippen molar-refractivity contribution >= 4 is 21.8 Å². The lowest BCUT2D eigenvalue weighted by Crippen LogP contribution is -2.15. The van der Waals surface area contributed by atoms with Crippen LogP contribution in [0, 0.1) is 0 Å². The van der Waals surface area contributed by atoms with E-state index in [1.807, 2.05) is 0 Å². The smallest absolute Gasteiger partial charge is 0.0541 e. The number of fused-ring (bicyclic) bond motifs is 6. The van der Waals surface area contributed by atoms with Crippen molar-refractivity contribution < 1.29 is 0 Å². The Balaban J connectivity index is 0.988. The highest BCUT2D eigenvalue weighted by Crippen LogP contribution is 2.49. The number of aryl methyl sites for hydroxylation is 1. The van der Waals surface area contributed by atoms with Gasteiger partial charge in [-0.2, -0.15) is 0 Å². The van der Waals surface area contributed by atoms with Crippen molar-refractivity contribution in [2.75, 3.05) is 0 Å². The van der Waals surface area contributed by atoms with E-state index < -0.39 is 0 Å². The minimum Gasteiger partial charge on any atom is -0.309 e. The summed E-state index contributed by atoms with van der Waals surface area (Å²) in [6.45, 7) is 4.75. The molecule has 1 aliphatic carbocycles. The third kappa shape index (κ3) is 5.79. The van der Waals surface area contributed by atoms with Gasteiger partial charge in [-0.25, -0.2) is 0 Å². The second kappa shape index (κ2) is 13.4. The molecule has 264 valence electrons. The van der Waals surface area contributed by atoms with Gasteiger partial charge >= 0.3 is 0 Å². The van der Waals surface area contributed by atoms with E-state index in [4.69, 9.17) is 0 Å². The Morgan fingerprint density at radius 3 is 1.75 bits per heavy atom. The largest absolute Gasteiger partial charge is 0.309 e. The van der Waals surface area contributed by atoms with Crippen molar-refractivity contribution in [1.82, 2.24) is 4.57 Å². The van der Waals surface area contributed by atoms with E-state index in [0.29, 0.717) is 0 Å². The first kappa shape index (κ1) is 33.2. The van der Waals surface area contributed by atoms with Crippen LogP contribution in [0.25, 0.3) is 60.9 Å². The average Bonchev–Trinajstić information content (AvgIpc) is 3.70. The number of aromatic nitrogens is 1. The molecule has 1 unspecified atom stereocenters. The Morgan fingerprint density at radius 1 is 0.436 bits per heavy atom. The van der Waals surface area contributed by atoms with Gasteiger partial charge in [-0.3, -0.25) is 0 Å². The van der Waals surface area contributed by atoms with Crippen molar-refractivity contribution in [3.05, 3.63) is 222 Å². The lowest BCUT2D eigenvalue weighted by atomic mass is 9.81. The summed E-state index contributed by atoms with van der Waals surface area (Å²) in [5.41, 5.74) is 18.4. The standard InChI is InChI=1S/C54H43N/c1-54(2)50-19-11-9-17-46(50)47-33-22-37(35-51(47)54)21-32-45(41-27-23-39(24-28-41)38-13-5-3-6-14-38)42-29-25-40(26-30-42)43-31-34-53-49(36-43)48-18-10-12-20-52(48)55(53)44-15-7-4-8-16-44/h3-20,22-31,33-36,45H,21,32H2,1-2H3. The van der Waals surface area contributed by atoms with Gasteiger partial charge in [0.1, 0.15) is 0 Å². The van der Waals surface area contributed by atoms with E-state index >= 15 is 0 Å². The molecule has 1 aliphatic rings. The normalized spacial score (nSPS) is 13.5. The summed E-state index contributed by atoms with van der Waals surface area (Å²) in [5.74, 6) is 0.267. The zero-order valence-corrected chi connectivity index (χ0v) is 31.4. The van der Waals surface area contributed by atoms with E-state index in [1.165, 1.54) is 88.7 Å². The summed E-state index contributed by atoms with van der Waals surface area (Å²) in [5, 5.41) is 2.55. The number of hydrogen-bond donors (Lipinski definition) is 0. The third-order valence-electron chi connectivity index (χ3n) is 12.1. The Morgan fingerprint density at radius 2 is 1.00 bits per heavy atom. The summed E-state index contributed by atoms with van der Waals surface area (Å²) in [4.78, 5) is 0. The SMILES string of the molecule is CC1(C)c2ccccc2-c2ccc(CCC(c3ccc(-c4ccccc4)cc3)c3ccc(-c4ccc5c(c4)c4ccccc4n5-c4ccccc4)cc3)cc21. The van der Waals surface area contributed by atoms with Crippen LogP contribution in [0.5, 0.6) is 0 Å². The lowest BCUT2D eigenvalue weighted by molar-refractivity contribution is 0.657. The van der Waals surface area contributed by atoms with Gasteiger partial charge in [0.05, 0.1) is 11.0 Å². The maximum absolute atomic E-state index is 2.49. The highest BCUT2D eigenvalue weighted by Gasteiger charge is 2.35. The van der Waals surface area contributed by atoms with Crippen molar-refractivity contribution in [2.45, 2.75) is 38.0 Å². The van der Waals surface area contributed by atoms with Crippen LogP contribution in [0.15, 0.2) is 194 Å². The van der Waals surface area contributed by atoms with Crippen LogP contribution in [0.4, 0.5) is 0 Å². The minimum atomic E-state index is 0.00388. The number of benzene rings is 8. The molecule has 0 saturated carbocycles. The summed E-state index contributed by atoms with van der Waals surface area (Å²) in [6, 6.07) is 71.9. The summed E-state index contributed by atoms with van der Waals surface area (Å²) < 4.78 is 2.38. The molecule has 1 nitrogen and oxygen atoms in total. The fourth-order valence-electron chi connectivity index (χ4n) is 9.20. The van der Waals surface area contributed by atoms with Crippen LogP contribution >= 0.6 is 0 Å². The molecule has 1 heterocycles. The summed E-state index contributed by atoms with van der Waals surface area (Å²) in [7, 11) is 0. The number of nitrogens with zero attached hydrogens (tertiary/aromatic N) is 1. The predicted molar refractivity (Wildman–Crippen MR) is 232 cm³/mol. The van der Waals surface area contributed by atoms with Crippen molar-refractivity contribution in [1.29, 1.82) is 0 Å². The first-order valence-corrected chi connectivity index (χ1v) is 19.6. The summed E-state index contributed by atoms with van der Waals surface area (Å²) >= 11 is 0. The van der Waals surface area contributed by atoms with E-state index in [1.54, 1.807) is 0 Å². The molecular weight excluding hydrogens is 663 g/mol. The Bertz CT molecular complexity index is 2800. The second-order valence-corrected chi connectivity index (χ2v) is 15.7. The Hall–Kier alpha value is -6.44. The van der Waals surface area contributed by atoms with E-state index in [2.05, 4.69) is 213 Å². The Labute approximate surface area is 324 Å². The molecule has 0 spiro atoms. The highest BCUT2D eigenvalue weighted by molar-refractivity contribution is 6.10. The van der Waals surface area contributed by atoms with Gasteiger partial charge in [0.25, 0.3) is 0 Å². The quantitative estimate of drug-likeness (QED) is 0.148. The molecule has 1 aromatic heterocycles. The van der Waals surface area contributed by atoms with Gasteiger partial charge in [0.2, 0.25) is 0 Å². The molecule has 1 atom stereocenters. The van der Waals surface area contributed by atoms with Crippen LogP contribution in [0.3, 0.4) is 0 Å². The molecule has 0 N–H and O–H groups in total. The molecule has 0 amide bonds. The molecular formula is C54H43N. The van der Waals surface area contributed by atoms with Crippen molar-refractivity contribution in [3.63, 3.8) is 0 Å². The molecule has 0 saturated heterocycles. The summed E-state index contributed by atoms with van der Waals surface area (Å²) in [6.07, 6.45) is 2.04. The maximum Gasteiger partial charge on any atom is 0.0541 e. The van der Waals surface area contributed by atoms with Crippen LogP contribution in [-0.2, 0) is 11.8 Å². The van der Waals surface area contributed by atoms with Crippen LogP contribution in [0.1, 0.15) is 54.0 Å². The fraction of sp³-hybridized carbons (Fsp3) is 0.111. The van der Waals surface area contributed by atoms with Crippen molar-refractivity contribution in [2.24, 2.45) is 0 Å². The highest BCUT2D eigenvalue weighted by atomic mass is 15.0. The van der Waals surface area contributed by atoms with Crippen LogP contribution in [0.2, 0.25) is 0 Å². The topological polar surface area (TPSA) is 4.93 Å². The first-order valence-electron chi connectivity index (χ1n) is 19.6. The van der Waals surface area contributed by atoms with Gasteiger partial charge in [-0.05, 0) is 104 Å². The monoisotopic (exact) mass is 705 g/mol. The zero-order chi connectivity index (χ0) is 36.9. The molecule has 55 heavy (non-hydrogen) atoms. The van der Waals surface area contributed by atoms with E-state index in [-0.39, 0.29) is 11.3 Å². The maximum atomic E-state index is 2.49. The molecule has 10 rings (SSSR count).